The number of H-pyrrole nitrogens is 1. The van der Waals surface area contributed by atoms with E-state index in [-0.39, 0.29) is 18.4 Å². The van der Waals surface area contributed by atoms with E-state index in [1.807, 2.05) is 37.3 Å². The van der Waals surface area contributed by atoms with Crippen molar-refractivity contribution in [3.63, 3.8) is 0 Å². The molecule has 0 bridgehead atoms. The van der Waals surface area contributed by atoms with Crippen LogP contribution in [0.25, 0.3) is 32.8 Å². The highest BCUT2D eigenvalue weighted by molar-refractivity contribution is 5.98. The Morgan fingerprint density at radius 3 is 2.55 bits per heavy atom. The summed E-state index contributed by atoms with van der Waals surface area (Å²) in [6.45, 7) is 3.66. The molecule has 0 aliphatic heterocycles. The molecule has 0 saturated heterocycles. The van der Waals surface area contributed by atoms with E-state index in [0.717, 1.165) is 58.7 Å². The highest BCUT2D eigenvalue weighted by atomic mass is 16.4. The molecule has 4 N–H and O–H groups in total. The number of furan rings is 1. The molecule has 0 spiro atoms. The van der Waals surface area contributed by atoms with Crippen LogP contribution in [-0.2, 0) is 40.1 Å². The molecule has 2 atom stereocenters. The van der Waals surface area contributed by atoms with E-state index in [1.54, 1.807) is 19.2 Å². The standard InChI is InChI=1S/C34H35N3O7/c1-3-8-26(32(39)37-27(33(40)41)13-19-17-35-25-11-6-4-9-20(19)25)36-31(38)15-23-18(2)22-14-24-21-10-5-7-12-28(21)43-30(24)16-29(22)44-34(23)42/h4,6,9,11,14,16-17,26-27,35H,3,5,7-8,10,12-13,15H2,1-2H3,(H,36,38)(H,37,39)(H,40,41)/t26?,27-/m0/s1. The van der Waals surface area contributed by atoms with Crippen molar-refractivity contribution in [2.45, 2.75) is 77.3 Å². The normalized spacial score (nSPS) is 14.4. The molecule has 228 valence electrons. The van der Waals surface area contributed by atoms with Gasteiger partial charge in [-0.25, -0.2) is 9.59 Å². The molecule has 6 rings (SSSR count). The minimum Gasteiger partial charge on any atom is -0.480 e. The number of carbonyl (C=O) groups is 3. The number of amides is 2. The van der Waals surface area contributed by atoms with Crippen molar-refractivity contribution in [1.82, 2.24) is 15.6 Å². The number of para-hydroxylation sites is 1. The number of benzene rings is 2. The topological polar surface area (TPSA) is 155 Å². The third kappa shape index (κ3) is 5.59. The average Bonchev–Trinajstić information content (AvgIpc) is 3.58. The van der Waals surface area contributed by atoms with Crippen molar-refractivity contribution in [2.75, 3.05) is 0 Å². The van der Waals surface area contributed by atoms with Crippen molar-refractivity contribution in [2.24, 2.45) is 0 Å². The van der Waals surface area contributed by atoms with Crippen LogP contribution in [0.4, 0.5) is 0 Å². The molecular weight excluding hydrogens is 562 g/mol. The lowest BCUT2D eigenvalue weighted by Gasteiger charge is -2.21. The lowest BCUT2D eigenvalue weighted by atomic mass is 9.94. The Bertz CT molecular complexity index is 1960. The molecule has 1 unspecified atom stereocenters. The van der Waals surface area contributed by atoms with Gasteiger partial charge < -0.3 is 29.6 Å². The number of carboxylic acid groups (broad SMARTS) is 1. The predicted molar refractivity (Wildman–Crippen MR) is 166 cm³/mol. The Balaban J connectivity index is 1.19. The number of carbonyl (C=O) groups excluding carboxylic acids is 2. The van der Waals surface area contributed by atoms with Gasteiger partial charge in [-0.05, 0) is 55.9 Å². The third-order valence-electron chi connectivity index (χ3n) is 8.64. The molecule has 44 heavy (non-hydrogen) atoms. The highest BCUT2D eigenvalue weighted by Crippen LogP contribution is 2.35. The predicted octanol–water partition coefficient (Wildman–Crippen LogP) is 4.85. The minimum absolute atomic E-state index is 0.0718. The molecule has 2 amide bonds. The van der Waals surface area contributed by atoms with Gasteiger partial charge in [-0.2, -0.15) is 0 Å². The number of fused-ring (bicyclic) bond motifs is 5. The van der Waals surface area contributed by atoms with E-state index in [0.29, 0.717) is 29.6 Å². The van der Waals surface area contributed by atoms with Crippen molar-refractivity contribution >= 4 is 50.6 Å². The lowest BCUT2D eigenvalue weighted by Crippen LogP contribution is -2.52. The summed E-state index contributed by atoms with van der Waals surface area (Å²) in [7, 11) is 0. The molecule has 0 radical (unpaired) electrons. The number of hydrogen-bond donors (Lipinski definition) is 4. The quantitative estimate of drug-likeness (QED) is 0.168. The van der Waals surface area contributed by atoms with Crippen LogP contribution in [-0.4, -0.2) is 40.0 Å². The number of aliphatic carboxylic acids is 1. The smallest absolute Gasteiger partial charge is 0.340 e. The van der Waals surface area contributed by atoms with Crippen LogP contribution in [0.2, 0.25) is 0 Å². The van der Waals surface area contributed by atoms with Crippen LogP contribution in [0.5, 0.6) is 0 Å². The number of rotatable bonds is 10. The number of aromatic nitrogens is 1. The first-order chi connectivity index (χ1) is 21.2. The molecule has 1 aliphatic rings. The molecular formula is C34H35N3O7. The summed E-state index contributed by atoms with van der Waals surface area (Å²) in [4.78, 5) is 54.7. The van der Waals surface area contributed by atoms with Gasteiger partial charge in [-0.3, -0.25) is 9.59 Å². The van der Waals surface area contributed by atoms with Gasteiger partial charge in [0.2, 0.25) is 11.8 Å². The van der Waals surface area contributed by atoms with E-state index in [9.17, 15) is 24.3 Å². The Hall–Kier alpha value is -4.86. The second-order valence-corrected chi connectivity index (χ2v) is 11.6. The minimum atomic E-state index is -1.20. The summed E-state index contributed by atoms with van der Waals surface area (Å²) < 4.78 is 11.7. The van der Waals surface area contributed by atoms with Gasteiger partial charge in [0, 0.05) is 52.3 Å². The molecule has 0 fully saturated rings. The van der Waals surface area contributed by atoms with Crippen molar-refractivity contribution in [3.8, 4) is 0 Å². The van der Waals surface area contributed by atoms with E-state index in [1.165, 1.54) is 5.56 Å². The summed E-state index contributed by atoms with van der Waals surface area (Å²) in [5, 5.41) is 17.8. The molecule has 3 heterocycles. The van der Waals surface area contributed by atoms with Crippen LogP contribution >= 0.6 is 0 Å². The fourth-order valence-corrected chi connectivity index (χ4v) is 6.30. The van der Waals surface area contributed by atoms with Gasteiger partial charge >= 0.3 is 11.6 Å². The van der Waals surface area contributed by atoms with E-state index < -0.39 is 35.5 Å². The Kier molecular flexibility index (Phi) is 7.99. The largest absolute Gasteiger partial charge is 0.480 e. The number of nitrogens with one attached hydrogen (secondary N) is 3. The molecule has 0 saturated carbocycles. The number of carboxylic acids is 1. The van der Waals surface area contributed by atoms with Crippen LogP contribution in [0, 0.1) is 6.92 Å². The molecule has 3 aromatic heterocycles. The number of aryl methyl sites for hydroxylation is 3. The maximum atomic E-state index is 13.3. The van der Waals surface area contributed by atoms with Gasteiger partial charge in [0.05, 0.1) is 12.0 Å². The molecule has 5 aromatic rings. The highest BCUT2D eigenvalue weighted by Gasteiger charge is 2.28. The van der Waals surface area contributed by atoms with Crippen molar-refractivity contribution in [3.05, 3.63) is 81.0 Å². The van der Waals surface area contributed by atoms with Crippen LogP contribution in [0.15, 0.2) is 56.2 Å². The van der Waals surface area contributed by atoms with Gasteiger partial charge in [0.1, 0.15) is 29.0 Å². The zero-order valence-electron chi connectivity index (χ0n) is 24.7. The molecule has 10 nitrogen and oxygen atoms in total. The lowest BCUT2D eigenvalue weighted by molar-refractivity contribution is -0.142. The third-order valence-corrected chi connectivity index (χ3v) is 8.64. The van der Waals surface area contributed by atoms with Crippen molar-refractivity contribution < 1.29 is 28.3 Å². The zero-order valence-corrected chi connectivity index (χ0v) is 24.7. The zero-order chi connectivity index (χ0) is 31.0. The summed E-state index contributed by atoms with van der Waals surface area (Å²) in [5.74, 6) is -1.32. The molecule has 10 heteroatoms. The number of hydrogen-bond acceptors (Lipinski definition) is 6. The first-order valence-electron chi connectivity index (χ1n) is 15.1. The fourth-order valence-electron chi connectivity index (χ4n) is 6.30. The van der Waals surface area contributed by atoms with Crippen molar-refractivity contribution in [1.29, 1.82) is 0 Å². The first-order valence-corrected chi connectivity index (χ1v) is 15.1. The maximum absolute atomic E-state index is 13.3. The monoisotopic (exact) mass is 597 g/mol. The SMILES string of the molecule is CCCC(NC(=O)Cc1c(C)c2cc3c4c(oc3cc2oc1=O)CCCC4)C(=O)N[C@@H](Cc1c[nH]c2ccccc12)C(=O)O. The Morgan fingerprint density at radius 1 is 0.977 bits per heavy atom. The Labute approximate surface area is 252 Å². The van der Waals surface area contributed by atoms with Gasteiger partial charge in [0.15, 0.2) is 0 Å². The van der Waals surface area contributed by atoms with Crippen LogP contribution in [0.3, 0.4) is 0 Å². The van der Waals surface area contributed by atoms with Crippen LogP contribution in [0.1, 0.15) is 60.6 Å². The Morgan fingerprint density at radius 2 is 1.75 bits per heavy atom. The van der Waals surface area contributed by atoms with Gasteiger partial charge in [-0.1, -0.05) is 31.5 Å². The second-order valence-electron chi connectivity index (χ2n) is 11.6. The van der Waals surface area contributed by atoms with Crippen LogP contribution < -0.4 is 16.3 Å². The van der Waals surface area contributed by atoms with E-state index in [2.05, 4.69) is 15.6 Å². The summed E-state index contributed by atoms with van der Waals surface area (Å²) in [6.07, 6.45) is 6.39. The molecule has 2 aromatic carbocycles. The van der Waals surface area contributed by atoms with Gasteiger partial charge in [0.25, 0.3) is 0 Å². The van der Waals surface area contributed by atoms with Gasteiger partial charge in [-0.15, -0.1) is 0 Å². The van der Waals surface area contributed by atoms with E-state index in [4.69, 9.17) is 8.83 Å². The first kappa shape index (κ1) is 29.2. The second kappa shape index (κ2) is 12.0. The summed E-state index contributed by atoms with van der Waals surface area (Å²) >= 11 is 0. The number of aromatic amines is 1. The maximum Gasteiger partial charge on any atom is 0.340 e. The molecule has 1 aliphatic carbocycles. The summed E-state index contributed by atoms with van der Waals surface area (Å²) in [5.41, 5.74) is 4.14. The summed E-state index contributed by atoms with van der Waals surface area (Å²) in [6, 6.07) is 9.08. The fraction of sp³-hybridized carbons (Fsp3) is 0.353. The van der Waals surface area contributed by atoms with E-state index >= 15 is 0 Å². The average molecular weight is 598 g/mol.